The van der Waals surface area contributed by atoms with Gasteiger partial charge >= 0.3 is 11.3 Å². The quantitative estimate of drug-likeness (QED) is 0.280. The van der Waals surface area contributed by atoms with Crippen LogP contribution in [0, 0.1) is 18.6 Å². The predicted octanol–water partition coefficient (Wildman–Crippen LogP) is 4.11. The standard InChI is InChI=1S/C31H29F2N6O2/c1-6-20-9-8-10-22(32)25(20)28-23(33)15-21-29(37-14-13-36(16-18(37)4)24(40)7-2)35-31(41)39-27-17(3)11-12-34-26(27)19(5)38(28)30(21)39/h6-12,15,18-19H,1-2,13-14,16H2,3-5H3/q+1/t18-,19?/m0/s1. The number of aryl methyl sites for hydroxylation is 1. The highest BCUT2D eigenvalue weighted by Gasteiger charge is 2.41. The minimum atomic E-state index is -0.671. The van der Waals surface area contributed by atoms with Gasteiger partial charge in [0.15, 0.2) is 23.0 Å². The summed E-state index contributed by atoms with van der Waals surface area (Å²) in [6.07, 6.45) is 4.40. The Morgan fingerprint density at radius 2 is 1.93 bits per heavy atom. The van der Waals surface area contributed by atoms with Crippen molar-refractivity contribution in [3.05, 3.63) is 94.7 Å². The van der Waals surface area contributed by atoms with Crippen LogP contribution in [0.1, 0.15) is 36.7 Å². The highest BCUT2D eigenvalue weighted by Crippen LogP contribution is 2.38. The lowest BCUT2D eigenvalue weighted by Crippen LogP contribution is -2.55. The highest BCUT2D eigenvalue weighted by atomic mass is 19.1. The molecule has 1 aromatic carbocycles. The number of pyridine rings is 2. The molecule has 0 bridgehead atoms. The zero-order valence-corrected chi connectivity index (χ0v) is 23.1. The van der Waals surface area contributed by atoms with Gasteiger partial charge in [-0.2, -0.15) is 4.98 Å². The number of nitrogens with zero attached hydrogens (tertiary/aromatic N) is 6. The molecule has 0 radical (unpaired) electrons. The van der Waals surface area contributed by atoms with E-state index in [2.05, 4.69) is 23.1 Å². The molecule has 8 nitrogen and oxygen atoms in total. The van der Waals surface area contributed by atoms with Crippen molar-refractivity contribution in [1.82, 2.24) is 19.4 Å². The summed E-state index contributed by atoms with van der Waals surface area (Å²) in [6, 6.07) is 6.86. The maximum atomic E-state index is 16.5. The van der Waals surface area contributed by atoms with E-state index < -0.39 is 23.4 Å². The number of anilines is 1. The van der Waals surface area contributed by atoms with Crippen LogP contribution in [0.15, 0.2) is 60.6 Å². The summed E-state index contributed by atoms with van der Waals surface area (Å²) in [5.74, 6) is -1.15. The number of piperazine rings is 1. The SMILES string of the molecule is C=CC(=O)N1CCN(c2nc(=O)n3c4c2cc(F)c(-c2c(F)cccc2C=C)[n+]4C(C)c2nccc(C)c2-3)[C@@H](C)C1. The number of carbonyl (C=O) groups excluding carboxylic acids is 1. The second-order valence-corrected chi connectivity index (χ2v) is 10.5. The molecule has 1 amide bonds. The molecule has 10 heteroatoms. The fraction of sp³-hybridized carbons (Fsp3) is 0.258. The topological polar surface area (TPSA) is 75.2 Å². The van der Waals surface area contributed by atoms with Gasteiger partial charge in [-0.05, 0) is 50.6 Å². The number of rotatable bonds is 4. The molecular weight excluding hydrogens is 526 g/mol. The monoisotopic (exact) mass is 555 g/mol. The number of hydrogen-bond acceptors (Lipinski definition) is 5. The van der Waals surface area contributed by atoms with Crippen LogP contribution in [-0.2, 0) is 4.79 Å². The number of benzene rings is 1. The Labute approximate surface area is 235 Å². The highest BCUT2D eigenvalue weighted by molar-refractivity contribution is 5.90. The zero-order chi connectivity index (χ0) is 29.2. The molecule has 0 spiro atoms. The summed E-state index contributed by atoms with van der Waals surface area (Å²) in [6.45, 7) is 14.2. The van der Waals surface area contributed by atoms with E-state index in [1.54, 1.807) is 27.8 Å². The lowest BCUT2D eigenvalue weighted by Gasteiger charge is -2.40. The van der Waals surface area contributed by atoms with E-state index in [4.69, 9.17) is 0 Å². The van der Waals surface area contributed by atoms with Crippen LogP contribution in [-0.4, -0.2) is 51.0 Å². The third-order valence-corrected chi connectivity index (χ3v) is 8.10. The third-order valence-electron chi connectivity index (χ3n) is 8.10. The number of carbonyl (C=O) groups is 1. The molecule has 2 aliphatic heterocycles. The van der Waals surface area contributed by atoms with Gasteiger partial charge in [0.05, 0.1) is 5.56 Å². The lowest BCUT2D eigenvalue weighted by atomic mass is 9.98. The Morgan fingerprint density at radius 3 is 2.63 bits per heavy atom. The first kappa shape index (κ1) is 26.5. The van der Waals surface area contributed by atoms with Crippen molar-refractivity contribution in [2.45, 2.75) is 32.9 Å². The first-order chi connectivity index (χ1) is 19.7. The molecule has 3 aromatic heterocycles. The summed E-state index contributed by atoms with van der Waals surface area (Å²) in [4.78, 5) is 38.8. The van der Waals surface area contributed by atoms with Gasteiger partial charge in [-0.1, -0.05) is 31.4 Å². The van der Waals surface area contributed by atoms with Gasteiger partial charge in [-0.25, -0.2) is 18.1 Å². The van der Waals surface area contributed by atoms with Crippen LogP contribution < -0.4 is 15.2 Å². The Morgan fingerprint density at radius 1 is 1.15 bits per heavy atom. The van der Waals surface area contributed by atoms with E-state index in [9.17, 15) is 9.59 Å². The minimum absolute atomic E-state index is 0.00768. The van der Waals surface area contributed by atoms with Crippen LogP contribution in [0.3, 0.4) is 0 Å². The first-order valence-electron chi connectivity index (χ1n) is 13.4. The Hall–Kier alpha value is -4.73. The van der Waals surface area contributed by atoms with Crippen molar-refractivity contribution in [3.8, 4) is 16.9 Å². The Balaban J connectivity index is 1.71. The molecule has 6 rings (SSSR count). The normalized spacial score (nSPS) is 17.9. The molecule has 1 saturated heterocycles. The van der Waals surface area contributed by atoms with Crippen LogP contribution in [0.4, 0.5) is 14.6 Å². The fourth-order valence-electron chi connectivity index (χ4n) is 6.18. The summed E-state index contributed by atoms with van der Waals surface area (Å²) in [7, 11) is 0. The van der Waals surface area contributed by atoms with Gasteiger partial charge in [0.1, 0.15) is 22.9 Å². The van der Waals surface area contributed by atoms with Crippen molar-refractivity contribution >= 4 is 28.8 Å². The Kier molecular flexibility index (Phi) is 6.28. The molecule has 1 unspecified atom stereocenters. The van der Waals surface area contributed by atoms with E-state index in [0.29, 0.717) is 53.4 Å². The molecule has 0 N–H and O–H groups in total. The number of fused-ring (bicyclic) bond motifs is 2. The smallest absolute Gasteiger partial charge is 0.349 e. The molecule has 5 heterocycles. The van der Waals surface area contributed by atoms with Crippen molar-refractivity contribution < 1.29 is 18.1 Å². The molecule has 208 valence electrons. The molecule has 4 aromatic rings. The maximum absolute atomic E-state index is 16.5. The molecule has 41 heavy (non-hydrogen) atoms. The van der Waals surface area contributed by atoms with Gasteiger partial charge in [0, 0.05) is 37.4 Å². The van der Waals surface area contributed by atoms with Gasteiger partial charge in [-0.3, -0.25) is 9.78 Å². The molecule has 0 saturated carbocycles. The van der Waals surface area contributed by atoms with E-state index in [1.807, 2.05) is 31.7 Å². The minimum Gasteiger partial charge on any atom is -0.349 e. The fourth-order valence-corrected chi connectivity index (χ4v) is 6.18. The summed E-state index contributed by atoms with van der Waals surface area (Å²) < 4.78 is 35.0. The second kappa shape index (κ2) is 9.72. The lowest BCUT2D eigenvalue weighted by molar-refractivity contribution is -0.680. The number of halogens is 2. The summed E-state index contributed by atoms with van der Waals surface area (Å²) in [5.41, 5.74) is 2.23. The average molecular weight is 556 g/mol. The van der Waals surface area contributed by atoms with E-state index in [-0.39, 0.29) is 23.2 Å². The van der Waals surface area contributed by atoms with Crippen LogP contribution >= 0.6 is 0 Å². The molecule has 2 atom stereocenters. The molecule has 2 aliphatic rings. The second-order valence-electron chi connectivity index (χ2n) is 10.5. The zero-order valence-electron chi connectivity index (χ0n) is 23.1. The molecular formula is C31H29F2N6O2+. The summed E-state index contributed by atoms with van der Waals surface area (Å²) in [5, 5.41) is 0.401. The van der Waals surface area contributed by atoms with E-state index in [1.165, 1.54) is 28.9 Å². The number of amides is 1. The molecule has 0 aliphatic carbocycles. The molecule has 1 fully saturated rings. The largest absolute Gasteiger partial charge is 0.442 e. The number of aromatic nitrogens is 4. The predicted molar refractivity (Wildman–Crippen MR) is 153 cm³/mol. The van der Waals surface area contributed by atoms with Gasteiger partial charge < -0.3 is 9.80 Å². The van der Waals surface area contributed by atoms with Crippen molar-refractivity contribution in [3.63, 3.8) is 0 Å². The van der Waals surface area contributed by atoms with Crippen molar-refractivity contribution in [2.75, 3.05) is 24.5 Å². The van der Waals surface area contributed by atoms with Gasteiger partial charge in [0.25, 0.3) is 0 Å². The van der Waals surface area contributed by atoms with Crippen LogP contribution in [0.25, 0.3) is 34.1 Å². The average Bonchev–Trinajstić information content (AvgIpc) is 2.96. The van der Waals surface area contributed by atoms with E-state index >= 15 is 8.78 Å². The van der Waals surface area contributed by atoms with Crippen molar-refractivity contribution in [1.29, 1.82) is 0 Å². The summed E-state index contributed by atoms with van der Waals surface area (Å²) >= 11 is 0. The first-order valence-corrected chi connectivity index (χ1v) is 13.4. The maximum Gasteiger partial charge on any atom is 0.442 e. The van der Waals surface area contributed by atoms with E-state index in [0.717, 1.165) is 5.56 Å². The third kappa shape index (κ3) is 3.88. The van der Waals surface area contributed by atoms with Crippen LogP contribution in [0.2, 0.25) is 0 Å². The van der Waals surface area contributed by atoms with Gasteiger partial charge in [-0.15, -0.1) is 4.57 Å². The van der Waals surface area contributed by atoms with Crippen molar-refractivity contribution in [2.24, 2.45) is 0 Å². The Bertz CT molecular complexity index is 1850. The number of hydrogen-bond donors (Lipinski definition) is 0. The van der Waals surface area contributed by atoms with Gasteiger partial charge in [0.2, 0.25) is 5.91 Å². The van der Waals surface area contributed by atoms with Crippen LogP contribution in [0.5, 0.6) is 0 Å².